The Kier molecular flexibility index (Phi) is 8.16. The molecule has 4 N–H and O–H groups in total. The molecule has 158 valence electrons. The maximum absolute atomic E-state index is 13.7. The van der Waals surface area contributed by atoms with Crippen molar-refractivity contribution in [3.05, 3.63) is 59.8 Å². The summed E-state index contributed by atoms with van der Waals surface area (Å²) in [4.78, 5) is 23.4. The molecule has 9 heteroatoms. The lowest BCUT2D eigenvalue weighted by atomic mass is 10.0. The Balaban J connectivity index is 0.00000166. The van der Waals surface area contributed by atoms with Crippen LogP contribution in [0.15, 0.2) is 42.6 Å². The average molecular weight is 419 g/mol. The predicted octanol–water partition coefficient (Wildman–Crippen LogP) is 4.88. The van der Waals surface area contributed by atoms with E-state index in [2.05, 4.69) is 20.3 Å². The van der Waals surface area contributed by atoms with Gasteiger partial charge in [0.1, 0.15) is 17.5 Å². The number of nitrogens with zero attached hydrogens (tertiary/aromatic N) is 3. The van der Waals surface area contributed by atoms with Gasteiger partial charge in [0, 0.05) is 23.5 Å². The average Bonchev–Trinajstić information content (AvgIpc) is 3.20. The number of nitriles is 1. The summed E-state index contributed by atoms with van der Waals surface area (Å²) in [6, 6.07) is 7.35. The number of urea groups is 1. The SMILES string of the molecule is CC.Cc1cc(-c2nc(/C=C\C=N)[nH]c2-c2ccnc(NC(=O)NC#N)c2)ccc1F. The normalized spacial score (nSPS) is 10.0. The van der Waals surface area contributed by atoms with Crippen LogP contribution < -0.4 is 10.6 Å². The Morgan fingerprint density at radius 2 is 2.03 bits per heavy atom. The van der Waals surface area contributed by atoms with E-state index in [4.69, 9.17) is 10.7 Å². The highest BCUT2D eigenvalue weighted by Crippen LogP contribution is 2.32. The number of hydrogen-bond acceptors (Lipinski definition) is 5. The monoisotopic (exact) mass is 419 g/mol. The van der Waals surface area contributed by atoms with E-state index in [1.54, 1.807) is 37.3 Å². The summed E-state index contributed by atoms with van der Waals surface area (Å²) in [5, 5.41) is 20.1. The molecule has 0 aliphatic rings. The molecule has 0 saturated heterocycles. The molecule has 0 unspecified atom stereocenters. The van der Waals surface area contributed by atoms with E-state index >= 15 is 0 Å². The lowest BCUT2D eigenvalue weighted by molar-refractivity contribution is 0.255. The van der Waals surface area contributed by atoms with Crippen molar-refractivity contribution in [2.75, 3.05) is 5.32 Å². The number of benzene rings is 1. The van der Waals surface area contributed by atoms with E-state index in [1.807, 2.05) is 19.2 Å². The van der Waals surface area contributed by atoms with E-state index in [-0.39, 0.29) is 11.6 Å². The summed E-state index contributed by atoms with van der Waals surface area (Å²) in [7, 11) is 0. The number of aryl methyl sites for hydroxylation is 1. The van der Waals surface area contributed by atoms with Gasteiger partial charge in [0.25, 0.3) is 0 Å². The van der Waals surface area contributed by atoms with E-state index in [0.717, 1.165) is 6.21 Å². The first kappa shape index (κ1) is 23.0. The fourth-order valence-electron chi connectivity index (χ4n) is 2.67. The highest BCUT2D eigenvalue weighted by atomic mass is 19.1. The van der Waals surface area contributed by atoms with Gasteiger partial charge in [0.05, 0.1) is 11.4 Å². The zero-order valence-corrected chi connectivity index (χ0v) is 17.3. The Morgan fingerprint density at radius 1 is 1.26 bits per heavy atom. The van der Waals surface area contributed by atoms with E-state index in [0.29, 0.717) is 33.9 Å². The molecule has 0 aliphatic carbocycles. The molecule has 0 atom stereocenters. The van der Waals surface area contributed by atoms with Crippen LogP contribution in [0.1, 0.15) is 25.2 Å². The highest BCUT2D eigenvalue weighted by Gasteiger charge is 2.15. The third-order valence-electron chi connectivity index (χ3n) is 3.96. The largest absolute Gasteiger partial charge is 0.338 e. The molecule has 0 saturated carbocycles. The minimum atomic E-state index is -0.703. The summed E-state index contributed by atoms with van der Waals surface area (Å²) in [5.41, 5.74) is 3.07. The van der Waals surface area contributed by atoms with Gasteiger partial charge >= 0.3 is 6.03 Å². The van der Waals surface area contributed by atoms with Crippen molar-refractivity contribution < 1.29 is 9.18 Å². The molecule has 8 nitrogen and oxygen atoms in total. The first-order valence-corrected chi connectivity index (χ1v) is 9.48. The van der Waals surface area contributed by atoms with Gasteiger partial charge in [0.2, 0.25) is 0 Å². The Bertz CT molecular complexity index is 1150. The van der Waals surface area contributed by atoms with Crippen molar-refractivity contribution in [1.29, 1.82) is 10.7 Å². The van der Waals surface area contributed by atoms with Crippen molar-refractivity contribution in [2.24, 2.45) is 0 Å². The number of anilines is 1. The standard InChI is InChI=1S/C20H16FN7O.C2H6/c1-12-9-13(4-5-15(12)21)18-19(27-16(26-18)3-2-7-22)14-6-8-24-17(10-14)28-20(29)25-11-23;1-2/h2-10,22H,1H3,(H,26,27)(H2,24,25,28,29);1-2H3/b3-2-,22-7?;. The van der Waals surface area contributed by atoms with Crippen LogP contribution in [-0.4, -0.2) is 27.2 Å². The van der Waals surface area contributed by atoms with E-state index in [9.17, 15) is 9.18 Å². The Labute approximate surface area is 179 Å². The molecule has 31 heavy (non-hydrogen) atoms. The van der Waals surface area contributed by atoms with Gasteiger partial charge in [-0.05, 0) is 55.0 Å². The van der Waals surface area contributed by atoms with Crippen molar-refractivity contribution in [2.45, 2.75) is 20.8 Å². The maximum Gasteiger partial charge on any atom is 0.333 e. The van der Waals surface area contributed by atoms with Gasteiger partial charge in [-0.15, -0.1) is 0 Å². The molecule has 0 radical (unpaired) electrons. The van der Waals surface area contributed by atoms with Crippen molar-refractivity contribution in [3.63, 3.8) is 0 Å². The molecular weight excluding hydrogens is 397 g/mol. The molecule has 3 rings (SSSR count). The molecule has 1 aromatic carbocycles. The van der Waals surface area contributed by atoms with Crippen LogP contribution in [0.25, 0.3) is 28.6 Å². The molecule has 2 amide bonds. The van der Waals surface area contributed by atoms with Gasteiger partial charge < -0.3 is 10.4 Å². The molecule has 3 aromatic rings. The number of imidazole rings is 1. The van der Waals surface area contributed by atoms with Crippen LogP contribution in [0.4, 0.5) is 15.0 Å². The molecule has 0 bridgehead atoms. The quantitative estimate of drug-likeness (QED) is 0.267. The van der Waals surface area contributed by atoms with Crippen LogP contribution >= 0.6 is 0 Å². The lowest BCUT2D eigenvalue weighted by Crippen LogP contribution is -2.24. The topological polar surface area (TPSA) is 130 Å². The number of allylic oxidation sites excluding steroid dienone is 1. The number of H-pyrrole nitrogens is 1. The fraction of sp³-hybridized carbons (Fsp3) is 0.136. The number of aromatic amines is 1. The van der Waals surface area contributed by atoms with E-state index < -0.39 is 6.03 Å². The summed E-state index contributed by atoms with van der Waals surface area (Å²) in [6.45, 7) is 5.67. The molecule has 0 spiro atoms. The van der Waals surface area contributed by atoms with Crippen molar-refractivity contribution in [1.82, 2.24) is 20.3 Å². The van der Waals surface area contributed by atoms with Crippen molar-refractivity contribution >= 4 is 24.1 Å². The van der Waals surface area contributed by atoms with Crippen LogP contribution in [0, 0.1) is 29.6 Å². The first-order chi connectivity index (χ1) is 15.0. The highest BCUT2D eigenvalue weighted by molar-refractivity contribution is 5.90. The molecular formula is C22H22FN7O. The summed E-state index contributed by atoms with van der Waals surface area (Å²) >= 11 is 0. The molecule has 0 fully saturated rings. The summed E-state index contributed by atoms with van der Waals surface area (Å²) in [5.74, 6) is 0.436. The zero-order chi connectivity index (χ0) is 22.8. The number of halogens is 1. The maximum atomic E-state index is 13.7. The third-order valence-corrected chi connectivity index (χ3v) is 3.96. The van der Waals surface area contributed by atoms with Gasteiger partial charge in [-0.2, -0.15) is 5.26 Å². The van der Waals surface area contributed by atoms with Crippen LogP contribution in [0.3, 0.4) is 0 Å². The summed E-state index contributed by atoms with van der Waals surface area (Å²) < 4.78 is 13.7. The Hall–Kier alpha value is -4.32. The number of amides is 2. The lowest BCUT2D eigenvalue weighted by Gasteiger charge is -2.07. The van der Waals surface area contributed by atoms with Gasteiger partial charge in [-0.3, -0.25) is 5.32 Å². The molecule has 0 aliphatic heterocycles. The number of carbonyl (C=O) groups is 1. The minimum Gasteiger partial charge on any atom is -0.338 e. The third kappa shape index (κ3) is 5.83. The number of aromatic nitrogens is 3. The van der Waals surface area contributed by atoms with Gasteiger partial charge in [0.15, 0.2) is 6.19 Å². The molecule has 2 heterocycles. The number of nitrogens with one attached hydrogen (secondary N) is 4. The molecule has 2 aromatic heterocycles. The van der Waals surface area contributed by atoms with Gasteiger partial charge in [-0.1, -0.05) is 13.8 Å². The first-order valence-electron chi connectivity index (χ1n) is 9.48. The smallest absolute Gasteiger partial charge is 0.333 e. The number of rotatable bonds is 5. The fourth-order valence-corrected chi connectivity index (χ4v) is 2.67. The van der Waals surface area contributed by atoms with E-state index in [1.165, 1.54) is 24.5 Å². The number of carbonyl (C=O) groups excluding carboxylic acids is 1. The number of pyridine rings is 1. The second kappa shape index (κ2) is 11.0. The second-order valence-corrected chi connectivity index (χ2v) is 5.96. The Morgan fingerprint density at radius 3 is 2.71 bits per heavy atom. The number of hydrogen-bond donors (Lipinski definition) is 4. The van der Waals surface area contributed by atoms with Gasteiger partial charge in [-0.25, -0.2) is 24.5 Å². The zero-order valence-electron chi connectivity index (χ0n) is 17.3. The second-order valence-electron chi connectivity index (χ2n) is 5.96. The van der Waals surface area contributed by atoms with Crippen LogP contribution in [0.2, 0.25) is 0 Å². The summed E-state index contributed by atoms with van der Waals surface area (Å²) in [6.07, 6.45) is 7.33. The van der Waals surface area contributed by atoms with Crippen LogP contribution in [0.5, 0.6) is 0 Å². The van der Waals surface area contributed by atoms with Crippen molar-refractivity contribution in [3.8, 4) is 28.7 Å². The predicted molar refractivity (Wildman–Crippen MR) is 119 cm³/mol. The minimum absolute atomic E-state index is 0.239. The van der Waals surface area contributed by atoms with Crippen LogP contribution in [-0.2, 0) is 0 Å².